The third-order valence-corrected chi connectivity index (χ3v) is 17.5. The number of carbonyl (C=O) groups is 11. The zero-order valence-electron chi connectivity index (χ0n) is 55.1. The van der Waals surface area contributed by atoms with Crippen molar-refractivity contribution >= 4 is 88.5 Å². The topological polar surface area (TPSA) is 366 Å². The van der Waals surface area contributed by atoms with E-state index >= 15 is 0 Å². The molecule has 4 bridgehead atoms. The second kappa shape index (κ2) is 33.5. The average Bonchev–Trinajstić information content (AvgIpc) is 1.58. The first-order chi connectivity index (χ1) is 44.4. The van der Waals surface area contributed by atoms with Crippen LogP contribution >= 0.6 is 11.6 Å². The Hall–Kier alpha value is -8.60. The molecule has 10 atom stereocenters. The first-order valence-electron chi connectivity index (χ1n) is 31.2. The summed E-state index contributed by atoms with van der Waals surface area (Å²) in [4.78, 5) is 149. The number of benzene rings is 2. The number of alkyl carbamates (subject to hydrolysis) is 1. The number of aliphatic hydroxyl groups is 1. The molecule has 0 radical (unpaired) electrons. The Bertz CT molecular complexity index is 3220. The third kappa shape index (κ3) is 20.0. The Morgan fingerprint density at radius 3 is 2.28 bits per heavy atom. The molecule has 4 aliphatic rings. The van der Waals surface area contributed by atoms with E-state index in [-0.39, 0.29) is 81.1 Å². The number of primary amides is 1. The molecular weight excluding hydrogens is 1240 g/mol. The van der Waals surface area contributed by atoms with Gasteiger partial charge in [0.2, 0.25) is 29.5 Å². The lowest BCUT2D eigenvalue weighted by Crippen LogP contribution is -2.63. The summed E-state index contributed by atoms with van der Waals surface area (Å²) in [6.07, 6.45) is 3.34. The van der Waals surface area contributed by atoms with Crippen molar-refractivity contribution in [3.05, 3.63) is 88.5 Å². The number of urea groups is 1. The number of nitrogens with zero attached hydrogens (tertiary/aromatic N) is 4. The van der Waals surface area contributed by atoms with Gasteiger partial charge in [0.25, 0.3) is 11.8 Å². The Labute approximate surface area is 551 Å². The normalized spacial score (nSPS) is 23.8. The monoisotopic (exact) mass is 1330 g/mol. The molecule has 0 spiro atoms. The number of halogens is 1. The van der Waals surface area contributed by atoms with Crippen molar-refractivity contribution in [2.45, 2.75) is 166 Å². The van der Waals surface area contributed by atoms with E-state index in [9.17, 15) is 57.8 Å². The van der Waals surface area contributed by atoms with E-state index in [1.807, 2.05) is 13.0 Å². The number of hydrogen-bond acceptors (Lipinski definition) is 18. The van der Waals surface area contributed by atoms with Crippen LogP contribution in [-0.2, 0) is 75.1 Å². The Balaban J connectivity index is 1.03. The number of imide groups is 1. The Morgan fingerprint density at radius 2 is 1.63 bits per heavy atom. The predicted molar refractivity (Wildman–Crippen MR) is 343 cm³/mol. The van der Waals surface area contributed by atoms with Gasteiger partial charge in [0.05, 0.1) is 25.3 Å². The number of epoxide rings is 1. The molecule has 2 saturated heterocycles. The minimum Gasteiger partial charge on any atom is -0.495 e. The van der Waals surface area contributed by atoms with Gasteiger partial charge in [-0.2, -0.15) is 0 Å². The maximum absolute atomic E-state index is 14.5. The molecule has 514 valence electrons. The molecule has 2 fully saturated rings. The number of hydrogen-bond donors (Lipinski definition) is 7. The number of unbranched alkanes of at least 4 members (excludes halogenated alkanes) is 2. The molecule has 28 nitrogen and oxygen atoms in total. The van der Waals surface area contributed by atoms with Gasteiger partial charge in [-0.05, 0) is 94.2 Å². The zero-order valence-corrected chi connectivity index (χ0v) is 55.8. The summed E-state index contributed by atoms with van der Waals surface area (Å²) >= 11 is 6.84. The standard InChI is InChI=1S/C65H89ClN10O18/c1-37(2)56(71-50(77)20-13-12-14-29-76-52(79)25-26-53(76)80)59(83)70-44(18-16-28-68-61(67)85)58(82)69-43-23-21-41(22-24-43)36-91-63(87)73(7)30-27-51(78)74(8)40(5)60(84)93-49-34-54(81)75(9)45-32-42(33-46(89-10)55(45)66)31-38(3)17-15-19-48(90-11)65(88)35-47(92-62(86)72-65)39(4)57-64(49,6)94-57/h15,17,19,21-26,32-33,37,39-40,44,47-49,56-57,88H,12-14,16,18,20,27-31,34-36H2,1-11H3,(H,69,82)(H,70,83)(H,71,77)(H,72,86)(H3,67,68,85)/b19-15+,38-17+/t39-,40+,44-,47+,48-,49+,56-,57+,64+,65+/m1/s1. The number of carbonyl (C=O) groups excluding carboxylic acids is 11. The van der Waals surface area contributed by atoms with Crippen molar-refractivity contribution in [3.63, 3.8) is 0 Å². The molecule has 29 heteroatoms. The molecular formula is C65H89ClN10O18. The van der Waals surface area contributed by atoms with E-state index in [4.69, 9.17) is 45.8 Å². The fraction of sp³-hybridized carbons (Fsp3) is 0.554. The van der Waals surface area contributed by atoms with Gasteiger partial charge in [0.1, 0.15) is 59.4 Å². The highest BCUT2D eigenvalue weighted by molar-refractivity contribution is 6.35. The number of rotatable bonds is 26. The molecule has 4 aliphatic heterocycles. The lowest BCUT2D eigenvalue weighted by molar-refractivity contribution is -0.162. The molecule has 94 heavy (non-hydrogen) atoms. The largest absolute Gasteiger partial charge is 0.495 e. The number of ether oxygens (including phenoxy) is 6. The van der Waals surface area contributed by atoms with Gasteiger partial charge in [-0.15, -0.1) is 0 Å². The smallest absolute Gasteiger partial charge is 0.409 e. The molecule has 4 heterocycles. The maximum atomic E-state index is 14.5. The molecule has 0 aromatic heterocycles. The minimum absolute atomic E-state index is 0.0780. The summed E-state index contributed by atoms with van der Waals surface area (Å²) in [6.45, 7) is 10.2. The Morgan fingerprint density at radius 1 is 0.936 bits per heavy atom. The molecule has 2 aromatic rings. The summed E-state index contributed by atoms with van der Waals surface area (Å²) in [5.41, 5.74) is 4.74. The number of amides is 11. The van der Waals surface area contributed by atoms with Crippen molar-refractivity contribution in [1.29, 1.82) is 0 Å². The van der Waals surface area contributed by atoms with Crippen LogP contribution in [0, 0.1) is 11.8 Å². The van der Waals surface area contributed by atoms with Crippen LogP contribution in [0.3, 0.4) is 0 Å². The lowest BCUT2D eigenvalue weighted by atomic mass is 9.83. The number of nitrogens with one attached hydrogen (secondary N) is 5. The van der Waals surface area contributed by atoms with Crippen LogP contribution < -0.4 is 42.0 Å². The van der Waals surface area contributed by atoms with E-state index in [2.05, 4.69) is 26.6 Å². The number of allylic oxidation sites excluding steroid dienone is 3. The summed E-state index contributed by atoms with van der Waals surface area (Å²) in [6, 6.07) is 5.70. The second-order valence-electron chi connectivity index (χ2n) is 24.6. The molecule has 0 aliphatic carbocycles. The van der Waals surface area contributed by atoms with E-state index in [0.717, 1.165) is 20.9 Å². The highest BCUT2D eigenvalue weighted by atomic mass is 35.5. The average molecular weight is 1330 g/mol. The maximum Gasteiger partial charge on any atom is 0.409 e. The van der Waals surface area contributed by atoms with Crippen LogP contribution in [0.4, 0.5) is 25.8 Å². The van der Waals surface area contributed by atoms with Crippen molar-refractivity contribution in [2.24, 2.45) is 17.6 Å². The first-order valence-corrected chi connectivity index (χ1v) is 31.6. The van der Waals surface area contributed by atoms with Crippen molar-refractivity contribution in [1.82, 2.24) is 36.0 Å². The van der Waals surface area contributed by atoms with Crippen LogP contribution in [0.15, 0.2) is 72.4 Å². The predicted octanol–water partition coefficient (Wildman–Crippen LogP) is 4.67. The van der Waals surface area contributed by atoms with Gasteiger partial charge in [-0.3, -0.25) is 43.8 Å². The zero-order chi connectivity index (χ0) is 69.4. The highest BCUT2D eigenvalue weighted by Gasteiger charge is 2.64. The summed E-state index contributed by atoms with van der Waals surface area (Å²) < 4.78 is 35.0. The molecule has 0 saturated carbocycles. The number of likely N-dealkylation sites (N-methyl/N-ethyl adjacent to an activating group) is 1. The number of fused-ring (bicyclic) bond motifs is 5. The fourth-order valence-corrected chi connectivity index (χ4v) is 11.4. The van der Waals surface area contributed by atoms with Gasteiger partial charge in [-0.25, -0.2) is 19.2 Å². The van der Waals surface area contributed by atoms with Crippen LogP contribution in [0.25, 0.3) is 0 Å². The Kier molecular flexibility index (Phi) is 26.5. The van der Waals surface area contributed by atoms with Gasteiger partial charge < -0.3 is 75.2 Å². The number of anilines is 2. The van der Waals surface area contributed by atoms with Crippen LogP contribution in [0.5, 0.6) is 5.75 Å². The van der Waals surface area contributed by atoms with Crippen LogP contribution in [-0.4, -0.2) is 194 Å². The molecule has 2 aromatic carbocycles. The quantitative estimate of drug-likeness (QED) is 0.0221. The minimum atomic E-state index is -1.91. The van der Waals surface area contributed by atoms with Gasteiger partial charge in [-0.1, -0.05) is 74.7 Å². The molecule has 6 rings (SSSR count). The second-order valence-corrected chi connectivity index (χ2v) is 24.9. The molecule has 11 amide bonds. The lowest BCUT2D eigenvalue weighted by Gasteiger charge is -2.42. The number of nitrogens with two attached hydrogens (primary N) is 1. The van der Waals surface area contributed by atoms with E-state index < -0.39 is 120 Å². The van der Waals surface area contributed by atoms with Crippen molar-refractivity contribution in [2.75, 3.05) is 65.2 Å². The SMILES string of the molecule is COc1cc2cc(c1Cl)N(C)C(=O)C[C@H](OC(=O)[C@H](C)N(C)C(=O)CCN(C)C(=O)OCc1ccc(NC(=O)[C@@H](CCCNC(N)=O)NC(=O)[C@H](NC(=O)CCCCCN3C(=O)C=CC3=O)C(C)C)cc1)[C@]1(C)O[C@H]1[C@H](C)[C@@H]1C[C@@](O)(NC(=O)O1)[C@H](OC)/C=C/C=C(\C)C2. The number of methoxy groups -OCH3 is 2. The first kappa shape index (κ1) is 74.4. The highest BCUT2D eigenvalue weighted by Crippen LogP contribution is 2.49. The van der Waals surface area contributed by atoms with Gasteiger partial charge >= 0.3 is 24.2 Å². The summed E-state index contributed by atoms with van der Waals surface area (Å²) in [5.74, 6) is -5.03. The summed E-state index contributed by atoms with van der Waals surface area (Å²) in [5, 5.41) is 25.3. The van der Waals surface area contributed by atoms with Crippen LogP contribution in [0.2, 0.25) is 5.02 Å². The van der Waals surface area contributed by atoms with Crippen molar-refractivity contribution in [3.8, 4) is 5.75 Å². The van der Waals surface area contributed by atoms with E-state index in [0.29, 0.717) is 48.4 Å². The van der Waals surface area contributed by atoms with Gasteiger partial charge in [0, 0.05) is 90.9 Å². The summed E-state index contributed by atoms with van der Waals surface area (Å²) in [7, 11) is 7.19. The van der Waals surface area contributed by atoms with Gasteiger partial charge in [0.15, 0.2) is 5.72 Å². The van der Waals surface area contributed by atoms with Crippen molar-refractivity contribution < 1.29 is 86.3 Å². The molecule has 0 unspecified atom stereocenters. The van der Waals surface area contributed by atoms with E-state index in [1.165, 1.54) is 64.2 Å². The fourth-order valence-electron chi connectivity index (χ4n) is 11.1. The molecule has 8 N–H and O–H groups in total. The third-order valence-electron chi connectivity index (χ3n) is 17.1. The van der Waals surface area contributed by atoms with E-state index in [1.54, 1.807) is 76.2 Å². The van der Waals surface area contributed by atoms with Crippen LogP contribution in [0.1, 0.15) is 110 Å². The number of esters is 1.